The minimum absolute atomic E-state index is 0.0588. The molecule has 5 nitrogen and oxygen atoms in total. The topological polar surface area (TPSA) is 48.5 Å². The van der Waals surface area contributed by atoms with Gasteiger partial charge in [-0.3, -0.25) is 14.7 Å². The van der Waals surface area contributed by atoms with E-state index in [1.807, 2.05) is 60.4 Å². The van der Waals surface area contributed by atoms with Crippen molar-refractivity contribution in [3.63, 3.8) is 0 Å². The highest BCUT2D eigenvalue weighted by molar-refractivity contribution is 8.00. The number of nitrogens with zero attached hydrogens (tertiary/aromatic N) is 3. The van der Waals surface area contributed by atoms with Crippen LogP contribution >= 0.6 is 11.9 Å². The molecule has 0 radical (unpaired) electrons. The van der Waals surface area contributed by atoms with Crippen LogP contribution in [-0.2, 0) is 6.54 Å². The van der Waals surface area contributed by atoms with E-state index in [-0.39, 0.29) is 17.8 Å². The van der Waals surface area contributed by atoms with Crippen LogP contribution in [0, 0.1) is 19.7 Å². The molecule has 1 aromatic heterocycles. The fourth-order valence-electron chi connectivity index (χ4n) is 4.87. The lowest BCUT2D eigenvalue weighted by Crippen LogP contribution is -2.53. The van der Waals surface area contributed by atoms with E-state index in [4.69, 9.17) is 0 Å². The first kappa shape index (κ1) is 25.2. The Hall–Kier alpha value is -3.42. The number of carbonyl (C=O) groups is 1. The normalized spacial score (nSPS) is 16.2. The molecule has 2 heterocycles. The van der Waals surface area contributed by atoms with Crippen LogP contribution < -0.4 is 4.72 Å². The number of anilines is 1. The van der Waals surface area contributed by atoms with Gasteiger partial charge in [0.15, 0.2) is 0 Å². The van der Waals surface area contributed by atoms with Gasteiger partial charge < -0.3 is 9.62 Å². The molecule has 1 aliphatic heterocycles. The zero-order chi connectivity index (χ0) is 25.9. The fraction of sp³-hybridized carbons (Fsp3) is 0.267. The lowest BCUT2D eigenvalue weighted by atomic mass is 10.0. The van der Waals surface area contributed by atoms with Gasteiger partial charge in [0.25, 0.3) is 5.91 Å². The number of nitrogens with one attached hydrogen (secondary N) is 1. The number of hydrogen-bond donors (Lipinski definition) is 1. The summed E-state index contributed by atoms with van der Waals surface area (Å²) in [5.41, 5.74) is 5.20. The highest BCUT2D eigenvalue weighted by atomic mass is 32.2. The van der Waals surface area contributed by atoms with Crippen molar-refractivity contribution in [3.8, 4) is 0 Å². The first-order valence-corrected chi connectivity index (χ1v) is 13.4. The summed E-state index contributed by atoms with van der Waals surface area (Å²) in [5, 5.41) is 1.10. The standard InChI is InChI=1S/C30H31FN4OS/c1-20-9-10-23(17-27(20)31)19-34-14-15-35(22(3)18-34)30(36)26-12-11-25(16-21(26)2)33-37-28-8-4-6-24-7-5-13-32-29(24)28/h4-13,16-17,22,33H,14-15,18-19H2,1-3H3/t22-/m0/s1. The molecule has 1 saturated heterocycles. The second-order valence-electron chi connectivity index (χ2n) is 9.73. The summed E-state index contributed by atoms with van der Waals surface area (Å²) >= 11 is 1.52. The average Bonchev–Trinajstić information content (AvgIpc) is 2.89. The van der Waals surface area contributed by atoms with Gasteiger partial charge in [-0.05, 0) is 85.8 Å². The molecule has 0 aliphatic carbocycles. The van der Waals surface area contributed by atoms with Crippen LogP contribution in [0.3, 0.4) is 0 Å². The van der Waals surface area contributed by atoms with Gasteiger partial charge in [0.05, 0.1) is 10.4 Å². The summed E-state index contributed by atoms with van der Waals surface area (Å²) in [4.78, 5) is 23.2. The number of benzene rings is 3. The number of halogens is 1. The van der Waals surface area contributed by atoms with Gasteiger partial charge >= 0.3 is 0 Å². The van der Waals surface area contributed by atoms with Crippen LogP contribution in [-0.4, -0.2) is 46.4 Å². The average molecular weight is 515 g/mol. The van der Waals surface area contributed by atoms with E-state index in [0.29, 0.717) is 18.7 Å². The van der Waals surface area contributed by atoms with E-state index in [2.05, 4.69) is 33.7 Å². The third kappa shape index (κ3) is 5.63. The van der Waals surface area contributed by atoms with Crippen molar-refractivity contribution in [3.05, 3.63) is 101 Å². The Morgan fingerprint density at radius 1 is 1.05 bits per heavy atom. The van der Waals surface area contributed by atoms with Gasteiger partial charge in [0.2, 0.25) is 0 Å². The number of hydrogen-bond acceptors (Lipinski definition) is 5. The molecule has 0 spiro atoms. The second kappa shape index (κ2) is 10.9. The summed E-state index contributed by atoms with van der Waals surface area (Å²) in [6, 6.07) is 21.5. The van der Waals surface area contributed by atoms with E-state index < -0.39 is 0 Å². The van der Waals surface area contributed by atoms with Gasteiger partial charge in [0, 0.05) is 55.1 Å². The van der Waals surface area contributed by atoms with Crippen LogP contribution in [0.15, 0.2) is 77.8 Å². The summed E-state index contributed by atoms with van der Waals surface area (Å²) in [6.45, 7) is 8.70. The van der Waals surface area contributed by atoms with Crippen LogP contribution in [0.25, 0.3) is 10.9 Å². The Morgan fingerprint density at radius 2 is 1.89 bits per heavy atom. The van der Waals surface area contributed by atoms with E-state index in [1.54, 1.807) is 19.2 Å². The molecule has 0 unspecified atom stereocenters. The summed E-state index contributed by atoms with van der Waals surface area (Å²) in [5.74, 6) is -0.108. The molecule has 5 rings (SSSR count). The lowest BCUT2D eigenvalue weighted by Gasteiger charge is -2.40. The van der Waals surface area contributed by atoms with Crippen molar-refractivity contribution in [1.82, 2.24) is 14.8 Å². The molecule has 190 valence electrons. The molecule has 0 bridgehead atoms. The Bertz CT molecular complexity index is 1440. The molecule has 0 saturated carbocycles. The highest BCUT2D eigenvalue weighted by Crippen LogP contribution is 2.29. The molecule has 4 aromatic rings. The van der Waals surface area contributed by atoms with E-state index in [1.165, 1.54) is 11.9 Å². The number of rotatable bonds is 6. The Balaban J connectivity index is 1.21. The second-order valence-corrected chi connectivity index (χ2v) is 10.6. The monoisotopic (exact) mass is 514 g/mol. The number of carbonyl (C=O) groups excluding carboxylic acids is 1. The first-order chi connectivity index (χ1) is 17.9. The first-order valence-electron chi connectivity index (χ1n) is 12.5. The van der Waals surface area contributed by atoms with Gasteiger partial charge in [-0.2, -0.15) is 0 Å². The molecular formula is C30H31FN4OS. The number of amides is 1. The smallest absolute Gasteiger partial charge is 0.254 e. The fourth-order valence-corrected chi connectivity index (χ4v) is 5.63. The van der Waals surface area contributed by atoms with Gasteiger partial charge in [-0.25, -0.2) is 4.39 Å². The quantitative estimate of drug-likeness (QED) is 0.300. The largest absolute Gasteiger partial charge is 0.333 e. The minimum atomic E-state index is -0.167. The number of fused-ring (bicyclic) bond motifs is 1. The predicted molar refractivity (Wildman–Crippen MR) is 149 cm³/mol. The van der Waals surface area contributed by atoms with E-state index >= 15 is 0 Å². The number of pyridine rings is 1. The minimum Gasteiger partial charge on any atom is -0.333 e. The molecule has 3 aromatic carbocycles. The Kier molecular flexibility index (Phi) is 7.44. The summed E-state index contributed by atoms with van der Waals surface area (Å²) < 4.78 is 17.4. The lowest BCUT2D eigenvalue weighted by molar-refractivity contribution is 0.0475. The van der Waals surface area contributed by atoms with E-state index in [9.17, 15) is 9.18 Å². The number of para-hydroxylation sites is 1. The molecule has 1 atom stereocenters. The third-order valence-electron chi connectivity index (χ3n) is 6.95. The van der Waals surface area contributed by atoms with Crippen LogP contribution in [0.2, 0.25) is 0 Å². The van der Waals surface area contributed by atoms with Gasteiger partial charge in [0.1, 0.15) is 5.82 Å². The molecule has 1 fully saturated rings. The Labute approximate surface area is 221 Å². The van der Waals surface area contributed by atoms with Gasteiger partial charge in [-0.15, -0.1) is 0 Å². The maximum atomic E-state index is 13.9. The van der Waals surface area contributed by atoms with Crippen LogP contribution in [0.5, 0.6) is 0 Å². The van der Waals surface area contributed by atoms with Crippen molar-refractivity contribution in [2.75, 3.05) is 24.4 Å². The molecule has 1 N–H and O–H groups in total. The molecule has 37 heavy (non-hydrogen) atoms. The maximum absolute atomic E-state index is 13.9. The van der Waals surface area contributed by atoms with E-state index in [0.717, 1.165) is 51.3 Å². The zero-order valence-corrected chi connectivity index (χ0v) is 22.2. The van der Waals surface area contributed by atoms with Crippen molar-refractivity contribution in [1.29, 1.82) is 0 Å². The number of piperazine rings is 1. The third-order valence-corrected chi connectivity index (χ3v) is 7.83. The molecule has 1 amide bonds. The SMILES string of the molecule is Cc1ccc(CN2CCN(C(=O)c3ccc(NSc4cccc5cccnc45)cc3C)[C@@H](C)C2)cc1F. The summed E-state index contributed by atoms with van der Waals surface area (Å²) in [6.07, 6.45) is 1.81. The van der Waals surface area contributed by atoms with Crippen LogP contribution in [0.4, 0.5) is 10.1 Å². The zero-order valence-electron chi connectivity index (χ0n) is 21.4. The van der Waals surface area contributed by atoms with Crippen LogP contribution in [0.1, 0.15) is 34.0 Å². The maximum Gasteiger partial charge on any atom is 0.254 e. The predicted octanol–water partition coefficient (Wildman–Crippen LogP) is 6.46. The van der Waals surface area contributed by atoms with Crippen molar-refractivity contribution in [2.24, 2.45) is 0 Å². The molecule has 1 aliphatic rings. The Morgan fingerprint density at radius 3 is 2.68 bits per heavy atom. The summed E-state index contributed by atoms with van der Waals surface area (Å²) in [7, 11) is 0. The highest BCUT2D eigenvalue weighted by Gasteiger charge is 2.29. The van der Waals surface area contributed by atoms with Crippen molar-refractivity contribution >= 4 is 34.4 Å². The number of aromatic nitrogens is 1. The number of aryl methyl sites for hydroxylation is 2. The van der Waals surface area contributed by atoms with Gasteiger partial charge in [-0.1, -0.05) is 30.3 Å². The van der Waals surface area contributed by atoms with Crippen molar-refractivity contribution in [2.45, 2.75) is 38.3 Å². The molecule has 7 heteroatoms. The van der Waals surface area contributed by atoms with Crippen molar-refractivity contribution < 1.29 is 9.18 Å². The molecular weight excluding hydrogens is 483 g/mol.